The van der Waals surface area contributed by atoms with Crippen molar-refractivity contribution >= 4 is 5.91 Å². The molecule has 0 saturated heterocycles. The van der Waals surface area contributed by atoms with Crippen LogP contribution in [-0.2, 0) is 11.2 Å². The molecule has 0 bridgehead atoms. The van der Waals surface area contributed by atoms with E-state index in [4.69, 9.17) is 0 Å². The van der Waals surface area contributed by atoms with Crippen LogP contribution in [0.4, 0.5) is 0 Å². The van der Waals surface area contributed by atoms with Gasteiger partial charge in [-0.3, -0.25) is 4.79 Å². The zero-order chi connectivity index (χ0) is 9.52. The second kappa shape index (κ2) is 5.35. The second-order valence-electron chi connectivity index (χ2n) is 2.96. The molecule has 1 aromatic heterocycles. The van der Waals surface area contributed by atoms with Gasteiger partial charge in [0.1, 0.15) is 0 Å². The molecule has 4 heteroatoms. The number of H-pyrrole nitrogens is 1. The van der Waals surface area contributed by atoms with E-state index in [-0.39, 0.29) is 5.91 Å². The molecule has 72 valence electrons. The van der Waals surface area contributed by atoms with Crippen molar-refractivity contribution in [3.63, 3.8) is 0 Å². The van der Waals surface area contributed by atoms with Crippen LogP contribution >= 0.6 is 0 Å². The number of nitrogens with zero attached hydrogens (tertiary/aromatic N) is 1. The molecule has 1 amide bonds. The summed E-state index contributed by atoms with van der Waals surface area (Å²) < 4.78 is 0. The molecule has 4 nitrogen and oxygen atoms in total. The average Bonchev–Trinajstić information content (AvgIpc) is 2.57. The van der Waals surface area contributed by atoms with Gasteiger partial charge in [-0.2, -0.15) is 0 Å². The lowest BCUT2D eigenvalue weighted by molar-refractivity contribution is -0.120. The van der Waals surface area contributed by atoms with E-state index in [0.717, 1.165) is 25.1 Å². The lowest BCUT2D eigenvalue weighted by Gasteiger charge is -2.01. The largest absolute Gasteiger partial charge is 0.356 e. The van der Waals surface area contributed by atoms with Crippen LogP contribution in [0.25, 0.3) is 0 Å². The lowest BCUT2D eigenvalue weighted by atomic mass is 10.3. The number of nitrogens with one attached hydrogen (secondary N) is 2. The van der Waals surface area contributed by atoms with Gasteiger partial charge in [-0.25, -0.2) is 4.98 Å². The zero-order valence-electron chi connectivity index (χ0n) is 7.84. The van der Waals surface area contributed by atoms with Gasteiger partial charge in [-0.1, -0.05) is 13.3 Å². The van der Waals surface area contributed by atoms with Crippen LogP contribution in [0, 0.1) is 0 Å². The van der Waals surface area contributed by atoms with Crippen molar-refractivity contribution in [3.8, 4) is 0 Å². The normalized spacial score (nSPS) is 9.92. The molecule has 0 aliphatic heterocycles. The molecule has 0 atom stereocenters. The summed E-state index contributed by atoms with van der Waals surface area (Å²) >= 11 is 0. The maximum absolute atomic E-state index is 11.2. The van der Waals surface area contributed by atoms with E-state index in [1.165, 1.54) is 0 Å². The number of imidazole rings is 1. The number of unbranched alkanes of at least 4 members (excludes halogenated alkanes) is 1. The smallest absolute Gasteiger partial charge is 0.225 e. The minimum Gasteiger partial charge on any atom is -0.356 e. The first-order valence-corrected chi connectivity index (χ1v) is 4.57. The van der Waals surface area contributed by atoms with Gasteiger partial charge in [0.05, 0.1) is 12.7 Å². The Morgan fingerprint density at radius 3 is 3.15 bits per heavy atom. The Balaban J connectivity index is 2.18. The van der Waals surface area contributed by atoms with Gasteiger partial charge in [0, 0.05) is 18.4 Å². The van der Waals surface area contributed by atoms with Crippen LogP contribution in [0.1, 0.15) is 25.5 Å². The minimum absolute atomic E-state index is 0.0534. The molecule has 0 saturated carbocycles. The summed E-state index contributed by atoms with van der Waals surface area (Å²) in [4.78, 5) is 17.9. The molecule has 1 rings (SSSR count). The number of hydrogen-bond donors (Lipinski definition) is 2. The second-order valence-corrected chi connectivity index (χ2v) is 2.96. The number of rotatable bonds is 5. The van der Waals surface area contributed by atoms with Crippen molar-refractivity contribution < 1.29 is 4.79 Å². The topological polar surface area (TPSA) is 57.8 Å². The Morgan fingerprint density at radius 2 is 2.54 bits per heavy atom. The average molecular weight is 181 g/mol. The molecule has 0 fully saturated rings. The molecule has 1 aromatic rings. The van der Waals surface area contributed by atoms with Crippen molar-refractivity contribution in [3.05, 3.63) is 18.2 Å². The standard InChI is InChI=1S/C9H15N3O/c1-2-3-4-11-9(13)5-8-6-10-7-12-8/h6-7H,2-5H2,1H3,(H,10,12)(H,11,13). The van der Waals surface area contributed by atoms with Crippen molar-refractivity contribution in [1.82, 2.24) is 15.3 Å². The Hall–Kier alpha value is -1.32. The number of aromatic amines is 1. The van der Waals surface area contributed by atoms with E-state index in [2.05, 4.69) is 22.2 Å². The lowest BCUT2D eigenvalue weighted by Crippen LogP contribution is -2.26. The molecule has 2 N–H and O–H groups in total. The summed E-state index contributed by atoms with van der Waals surface area (Å²) in [5, 5.41) is 2.84. The fourth-order valence-corrected chi connectivity index (χ4v) is 1.02. The minimum atomic E-state index is 0.0534. The van der Waals surface area contributed by atoms with Crippen LogP contribution in [0.5, 0.6) is 0 Å². The molecule has 0 aromatic carbocycles. The summed E-state index contributed by atoms with van der Waals surface area (Å²) in [6.07, 6.45) is 5.77. The molecule has 0 aliphatic carbocycles. The SMILES string of the molecule is CCCCNC(=O)Cc1cnc[nH]1. The molecule has 0 spiro atoms. The third kappa shape index (κ3) is 3.73. The van der Waals surface area contributed by atoms with Crippen LogP contribution in [0.15, 0.2) is 12.5 Å². The van der Waals surface area contributed by atoms with Crippen molar-refractivity contribution in [2.24, 2.45) is 0 Å². The maximum Gasteiger partial charge on any atom is 0.225 e. The summed E-state index contributed by atoms with van der Waals surface area (Å²) in [6, 6.07) is 0. The van der Waals surface area contributed by atoms with E-state index in [0.29, 0.717) is 6.42 Å². The summed E-state index contributed by atoms with van der Waals surface area (Å²) in [5.41, 5.74) is 0.856. The zero-order valence-corrected chi connectivity index (χ0v) is 7.84. The number of carbonyl (C=O) groups excluding carboxylic acids is 1. The highest BCUT2D eigenvalue weighted by atomic mass is 16.1. The Morgan fingerprint density at radius 1 is 1.69 bits per heavy atom. The highest BCUT2D eigenvalue weighted by molar-refractivity contribution is 5.77. The highest BCUT2D eigenvalue weighted by Gasteiger charge is 2.02. The van der Waals surface area contributed by atoms with Gasteiger partial charge >= 0.3 is 0 Å². The van der Waals surface area contributed by atoms with Crippen LogP contribution in [0.2, 0.25) is 0 Å². The quantitative estimate of drug-likeness (QED) is 0.662. The monoisotopic (exact) mass is 181 g/mol. The molecular weight excluding hydrogens is 166 g/mol. The number of amides is 1. The van der Waals surface area contributed by atoms with Gasteiger partial charge in [0.25, 0.3) is 0 Å². The number of aromatic nitrogens is 2. The number of hydrogen-bond acceptors (Lipinski definition) is 2. The van der Waals surface area contributed by atoms with Gasteiger partial charge < -0.3 is 10.3 Å². The summed E-state index contributed by atoms with van der Waals surface area (Å²) in [7, 11) is 0. The molecule has 0 radical (unpaired) electrons. The van der Waals surface area contributed by atoms with Crippen molar-refractivity contribution in [2.45, 2.75) is 26.2 Å². The first kappa shape index (κ1) is 9.77. The van der Waals surface area contributed by atoms with Crippen LogP contribution in [0.3, 0.4) is 0 Å². The van der Waals surface area contributed by atoms with Crippen molar-refractivity contribution in [1.29, 1.82) is 0 Å². The fourth-order valence-electron chi connectivity index (χ4n) is 1.02. The summed E-state index contributed by atoms with van der Waals surface area (Å²) in [6.45, 7) is 2.87. The van der Waals surface area contributed by atoms with E-state index in [1.807, 2.05) is 0 Å². The predicted octanol–water partition coefficient (Wildman–Crippen LogP) is 0.869. The van der Waals surface area contributed by atoms with Crippen LogP contribution < -0.4 is 5.32 Å². The van der Waals surface area contributed by atoms with Gasteiger partial charge in [-0.05, 0) is 6.42 Å². The molecule has 1 heterocycles. The molecule has 0 unspecified atom stereocenters. The molecule has 13 heavy (non-hydrogen) atoms. The van der Waals surface area contributed by atoms with E-state index in [1.54, 1.807) is 12.5 Å². The van der Waals surface area contributed by atoms with Crippen molar-refractivity contribution in [2.75, 3.05) is 6.54 Å². The van der Waals surface area contributed by atoms with Gasteiger partial charge in [0.15, 0.2) is 0 Å². The Labute approximate surface area is 77.8 Å². The molecular formula is C9H15N3O. The van der Waals surface area contributed by atoms with Crippen LogP contribution in [-0.4, -0.2) is 22.4 Å². The van der Waals surface area contributed by atoms with Gasteiger partial charge in [-0.15, -0.1) is 0 Å². The number of carbonyl (C=O) groups is 1. The first-order chi connectivity index (χ1) is 6.33. The Bertz CT molecular complexity index is 243. The van der Waals surface area contributed by atoms with E-state index in [9.17, 15) is 4.79 Å². The first-order valence-electron chi connectivity index (χ1n) is 4.57. The maximum atomic E-state index is 11.2. The van der Waals surface area contributed by atoms with E-state index < -0.39 is 0 Å². The van der Waals surface area contributed by atoms with E-state index >= 15 is 0 Å². The fraction of sp³-hybridized carbons (Fsp3) is 0.556. The van der Waals surface area contributed by atoms with Gasteiger partial charge in [0.2, 0.25) is 5.91 Å². The predicted molar refractivity (Wildman–Crippen MR) is 50.2 cm³/mol. The third-order valence-corrected chi connectivity index (χ3v) is 1.76. The summed E-state index contributed by atoms with van der Waals surface area (Å²) in [5.74, 6) is 0.0534. The highest BCUT2D eigenvalue weighted by Crippen LogP contribution is 1.92. The third-order valence-electron chi connectivity index (χ3n) is 1.76. The Kier molecular flexibility index (Phi) is 4.02. The molecule has 0 aliphatic rings.